The molecule has 0 saturated carbocycles. The maximum atomic E-state index is 11.8. The summed E-state index contributed by atoms with van der Waals surface area (Å²) in [6.45, 7) is 4.63. The van der Waals surface area contributed by atoms with Gasteiger partial charge in [-0.15, -0.1) is 6.58 Å². The molecule has 0 aliphatic carbocycles. The number of carbonyl (C=O) groups is 2. The molecule has 1 aromatic rings. The molecule has 0 aliphatic rings. The molecular weight excluding hydrogens is 202 g/mol. The molecule has 1 rings (SSSR count). The second kappa shape index (κ2) is 6.69. The molecule has 0 heterocycles. The molecule has 0 radical (unpaired) electrons. The second-order valence-corrected chi connectivity index (χ2v) is 3.44. The summed E-state index contributed by atoms with van der Waals surface area (Å²) in [4.78, 5) is 24.0. The first-order valence-corrected chi connectivity index (χ1v) is 5.13. The van der Waals surface area contributed by atoms with Crippen LogP contribution < -0.4 is 0 Å². The lowest BCUT2D eigenvalue weighted by molar-refractivity contribution is -0.108. The summed E-state index contributed by atoms with van der Waals surface area (Å²) in [5.41, 5.74) is 0.669. The van der Waals surface area contributed by atoms with E-state index in [2.05, 4.69) is 6.58 Å². The number of rotatable bonds is 7. The van der Waals surface area contributed by atoms with Crippen LogP contribution in [0, 0.1) is 0 Å². The monoisotopic (exact) mass is 217 g/mol. The minimum absolute atomic E-state index is 0.0179. The zero-order valence-electron chi connectivity index (χ0n) is 9.13. The Morgan fingerprint density at radius 1 is 1.25 bits per heavy atom. The quantitative estimate of drug-likeness (QED) is 0.395. The van der Waals surface area contributed by atoms with Crippen molar-refractivity contribution in [2.75, 3.05) is 19.6 Å². The van der Waals surface area contributed by atoms with Gasteiger partial charge in [-0.05, 0) is 0 Å². The van der Waals surface area contributed by atoms with Gasteiger partial charge in [0.05, 0.1) is 13.1 Å². The molecule has 0 aromatic heterocycles. The van der Waals surface area contributed by atoms with Gasteiger partial charge in [0.1, 0.15) is 6.29 Å². The summed E-state index contributed by atoms with van der Waals surface area (Å²) in [5, 5.41) is 0. The van der Waals surface area contributed by atoms with Gasteiger partial charge < -0.3 is 4.79 Å². The summed E-state index contributed by atoms with van der Waals surface area (Å²) in [7, 11) is 0. The molecule has 0 bridgehead atoms. The van der Waals surface area contributed by atoms with Crippen molar-refractivity contribution in [1.82, 2.24) is 4.90 Å². The van der Waals surface area contributed by atoms with Gasteiger partial charge in [0, 0.05) is 12.1 Å². The van der Waals surface area contributed by atoms with Crippen molar-refractivity contribution in [2.45, 2.75) is 0 Å². The topological polar surface area (TPSA) is 37.4 Å². The summed E-state index contributed by atoms with van der Waals surface area (Å²) in [6.07, 6.45) is 2.48. The van der Waals surface area contributed by atoms with Crippen LogP contribution in [0.5, 0.6) is 0 Å². The lowest BCUT2D eigenvalue weighted by Crippen LogP contribution is -2.31. The SMILES string of the molecule is C=CCN(CC=O)CC(=O)c1ccccc1. The van der Waals surface area contributed by atoms with Crippen molar-refractivity contribution in [3.05, 3.63) is 48.6 Å². The Bertz CT molecular complexity index is 349. The number of carbonyl (C=O) groups excluding carboxylic acids is 2. The van der Waals surface area contributed by atoms with Crippen LogP contribution in [-0.2, 0) is 4.79 Å². The Morgan fingerprint density at radius 2 is 1.94 bits per heavy atom. The van der Waals surface area contributed by atoms with Crippen LogP contribution in [0.3, 0.4) is 0 Å². The number of ketones is 1. The van der Waals surface area contributed by atoms with Crippen molar-refractivity contribution in [1.29, 1.82) is 0 Å². The zero-order chi connectivity index (χ0) is 11.8. The molecule has 0 aliphatic heterocycles. The predicted molar refractivity (Wildman–Crippen MR) is 63.5 cm³/mol. The normalized spacial score (nSPS) is 10.1. The molecule has 0 unspecified atom stereocenters. The largest absolute Gasteiger partial charge is 0.302 e. The number of Topliss-reactive ketones (excluding diaryl/α,β-unsaturated/α-hetero) is 1. The van der Waals surface area contributed by atoms with Crippen molar-refractivity contribution in [3.8, 4) is 0 Å². The lowest BCUT2D eigenvalue weighted by atomic mass is 10.1. The van der Waals surface area contributed by atoms with Crippen LogP contribution in [0.15, 0.2) is 43.0 Å². The highest BCUT2D eigenvalue weighted by Gasteiger charge is 2.10. The molecule has 0 N–H and O–H groups in total. The van der Waals surface area contributed by atoms with Gasteiger partial charge in [-0.2, -0.15) is 0 Å². The van der Waals surface area contributed by atoms with E-state index in [4.69, 9.17) is 0 Å². The molecule has 0 amide bonds. The second-order valence-electron chi connectivity index (χ2n) is 3.44. The Balaban J connectivity index is 2.61. The fraction of sp³-hybridized carbons (Fsp3) is 0.231. The highest BCUT2D eigenvalue weighted by molar-refractivity contribution is 5.97. The van der Waals surface area contributed by atoms with E-state index >= 15 is 0 Å². The summed E-state index contributed by atoms with van der Waals surface area (Å²) in [5.74, 6) is 0.0179. The third-order valence-electron chi connectivity index (χ3n) is 2.18. The predicted octanol–water partition coefficient (Wildman–Crippen LogP) is 1.56. The minimum atomic E-state index is 0.0179. The molecular formula is C13H15NO2. The maximum Gasteiger partial charge on any atom is 0.176 e. The van der Waals surface area contributed by atoms with Crippen LogP contribution >= 0.6 is 0 Å². The van der Waals surface area contributed by atoms with Crippen molar-refractivity contribution in [2.24, 2.45) is 0 Å². The van der Waals surface area contributed by atoms with E-state index in [1.807, 2.05) is 18.2 Å². The van der Waals surface area contributed by atoms with Crippen LogP contribution in [-0.4, -0.2) is 36.6 Å². The first-order chi connectivity index (χ1) is 7.77. The maximum absolute atomic E-state index is 11.8. The number of nitrogens with zero attached hydrogens (tertiary/aromatic N) is 1. The fourth-order valence-electron chi connectivity index (χ4n) is 1.41. The van der Waals surface area contributed by atoms with Crippen molar-refractivity contribution in [3.63, 3.8) is 0 Å². The third-order valence-corrected chi connectivity index (χ3v) is 2.18. The van der Waals surface area contributed by atoms with Gasteiger partial charge >= 0.3 is 0 Å². The number of hydrogen-bond donors (Lipinski definition) is 0. The highest BCUT2D eigenvalue weighted by atomic mass is 16.1. The molecule has 3 heteroatoms. The molecule has 16 heavy (non-hydrogen) atoms. The third kappa shape index (κ3) is 3.79. The molecule has 1 aromatic carbocycles. The lowest BCUT2D eigenvalue weighted by Gasteiger charge is -2.16. The highest BCUT2D eigenvalue weighted by Crippen LogP contribution is 2.01. The summed E-state index contributed by atoms with van der Waals surface area (Å²) in [6, 6.07) is 9.06. The van der Waals surface area contributed by atoms with E-state index < -0.39 is 0 Å². The Kier molecular flexibility index (Phi) is 5.16. The van der Waals surface area contributed by atoms with E-state index in [-0.39, 0.29) is 18.9 Å². The Hall–Kier alpha value is -1.74. The molecule has 0 saturated heterocycles. The van der Waals surface area contributed by atoms with Gasteiger partial charge in [0.2, 0.25) is 0 Å². The average Bonchev–Trinajstić information content (AvgIpc) is 2.31. The fourth-order valence-corrected chi connectivity index (χ4v) is 1.41. The van der Waals surface area contributed by atoms with Crippen LogP contribution in [0.4, 0.5) is 0 Å². The van der Waals surface area contributed by atoms with E-state index in [1.54, 1.807) is 23.1 Å². The van der Waals surface area contributed by atoms with Crippen LogP contribution in [0.2, 0.25) is 0 Å². The van der Waals surface area contributed by atoms with Crippen molar-refractivity contribution < 1.29 is 9.59 Å². The van der Waals surface area contributed by atoms with Gasteiger partial charge in [-0.1, -0.05) is 36.4 Å². The first-order valence-electron chi connectivity index (χ1n) is 5.13. The Labute approximate surface area is 95.4 Å². The van der Waals surface area contributed by atoms with Crippen LogP contribution in [0.1, 0.15) is 10.4 Å². The van der Waals surface area contributed by atoms with E-state index in [1.165, 1.54) is 0 Å². The van der Waals surface area contributed by atoms with Gasteiger partial charge in [0.25, 0.3) is 0 Å². The molecule has 0 spiro atoms. The minimum Gasteiger partial charge on any atom is -0.302 e. The average molecular weight is 217 g/mol. The van der Waals surface area contributed by atoms with Gasteiger partial charge in [0.15, 0.2) is 5.78 Å². The molecule has 84 valence electrons. The Morgan fingerprint density at radius 3 is 2.50 bits per heavy atom. The van der Waals surface area contributed by atoms with E-state index in [0.29, 0.717) is 12.1 Å². The summed E-state index contributed by atoms with van der Waals surface area (Å²) >= 11 is 0. The van der Waals surface area contributed by atoms with Crippen LogP contribution in [0.25, 0.3) is 0 Å². The summed E-state index contributed by atoms with van der Waals surface area (Å²) < 4.78 is 0. The molecule has 3 nitrogen and oxygen atoms in total. The van der Waals surface area contributed by atoms with Gasteiger partial charge in [-0.3, -0.25) is 9.69 Å². The number of benzene rings is 1. The van der Waals surface area contributed by atoms with Gasteiger partial charge in [-0.25, -0.2) is 0 Å². The molecule has 0 fully saturated rings. The first kappa shape index (κ1) is 12.3. The standard InChI is InChI=1S/C13H15NO2/c1-2-8-14(9-10-15)11-13(16)12-6-4-3-5-7-12/h2-7,10H,1,8-9,11H2. The smallest absolute Gasteiger partial charge is 0.176 e. The van der Waals surface area contributed by atoms with E-state index in [0.717, 1.165) is 6.29 Å². The van der Waals surface area contributed by atoms with E-state index in [9.17, 15) is 9.59 Å². The number of hydrogen-bond acceptors (Lipinski definition) is 3. The number of aldehydes is 1. The van der Waals surface area contributed by atoms with Crippen molar-refractivity contribution >= 4 is 12.1 Å². The molecule has 0 atom stereocenters. The zero-order valence-corrected chi connectivity index (χ0v) is 9.13.